The van der Waals surface area contributed by atoms with Gasteiger partial charge in [0.25, 0.3) is 0 Å². The number of hydrogen-bond acceptors (Lipinski definition) is 3. The number of ether oxygens (including phenoxy) is 1. The summed E-state index contributed by atoms with van der Waals surface area (Å²) in [6.45, 7) is 1.54. The highest BCUT2D eigenvalue weighted by Gasteiger charge is 2.25. The lowest BCUT2D eigenvalue weighted by Gasteiger charge is -2.26. The van der Waals surface area contributed by atoms with Crippen LogP contribution in [-0.4, -0.2) is 30.1 Å². The molecule has 0 unspecified atom stereocenters. The minimum atomic E-state index is 0.0833. The maximum Gasteiger partial charge on any atom is 0.230 e. The molecule has 1 saturated carbocycles. The van der Waals surface area contributed by atoms with Crippen molar-refractivity contribution >= 4 is 22.5 Å². The number of amides is 1. The number of aromatic amines is 1. The molecule has 1 aromatic carbocycles. The number of rotatable bonds is 4. The Bertz CT molecular complexity index is 671. The smallest absolute Gasteiger partial charge is 0.230 e. The predicted octanol–water partition coefficient (Wildman–Crippen LogP) is 2.26. The van der Waals surface area contributed by atoms with Crippen LogP contribution in [0.3, 0.4) is 0 Å². The molecule has 1 amide bonds. The summed E-state index contributed by atoms with van der Waals surface area (Å²) >= 11 is 0. The molecule has 2 aromatic rings. The van der Waals surface area contributed by atoms with Gasteiger partial charge in [-0.2, -0.15) is 0 Å². The number of anilines is 1. The quantitative estimate of drug-likeness (QED) is 0.807. The minimum absolute atomic E-state index is 0.0833. The normalized spacial score (nSPS) is 19.0. The number of H-pyrrole nitrogens is 1. The Balaban J connectivity index is 1.56. The molecule has 2 aliphatic rings. The molecular weight excluding hydrogens is 266 g/mol. The van der Waals surface area contributed by atoms with Gasteiger partial charge in [0.15, 0.2) is 0 Å². The molecule has 2 heterocycles. The van der Waals surface area contributed by atoms with Crippen molar-refractivity contribution in [3.05, 3.63) is 24.4 Å². The number of fused-ring (bicyclic) bond motifs is 1. The van der Waals surface area contributed by atoms with E-state index in [4.69, 9.17) is 4.74 Å². The van der Waals surface area contributed by atoms with Crippen LogP contribution in [-0.2, 0) is 4.79 Å². The minimum Gasteiger partial charge on any atom is -0.490 e. The zero-order valence-corrected chi connectivity index (χ0v) is 11.8. The molecule has 2 fully saturated rings. The van der Waals surface area contributed by atoms with Crippen LogP contribution in [0.1, 0.15) is 19.3 Å². The lowest BCUT2D eigenvalue weighted by Crippen LogP contribution is -2.48. The second-order valence-electron chi connectivity index (χ2n) is 5.92. The highest BCUT2D eigenvalue weighted by atomic mass is 16.5. The van der Waals surface area contributed by atoms with E-state index in [9.17, 15) is 4.79 Å². The fraction of sp³-hybridized carbons (Fsp3) is 0.438. The Morgan fingerprint density at radius 1 is 1.29 bits per heavy atom. The summed E-state index contributed by atoms with van der Waals surface area (Å²) in [5.41, 5.74) is 1.85. The van der Waals surface area contributed by atoms with Gasteiger partial charge in [0.05, 0.1) is 17.7 Å². The molecule has 1 saturated heterocycles. The summed E-state index contributed by atoms with van der Waals surface area (Å²) < 4.78 is 5.93. The van der Waals surface area contributed by atoms with Crippen molar-refractivity contribution in [2.75, 3.05) is 18.4 Å². The van der Waals surface area contributed by atoms with Gasteiger partial charge in [-0.15, -0.1) is 0 Å². The fourth-order valence-corrected chi connectivity index (χ4v) is 2.67. The van der Waals surface area contributed by atoms with Crippen molar-refractivity contribution in [1.29, 1.82) is 0 Å². The van der Waals surface area contributed by atoms with Crippen LogP contribution in [0.25, 0.3) is 10.9 Å². The number of carbonyl (C=O) groups excluding carboxylic acids is 1. The Morgan fingerprint density at radius 2 is 2.14 bits per heavy atom. The van der Waals surface area contributed by atoms with Gasteiger partial charge in [0.1, 0.15) is 5.75 Å². The van der Waals surface area contributed by atoms with Crippen molar-refractivity contribution in [2.24, 2.45) is 5.92 Å². The van der Waals surface area contributed by atoms with Crippen LogP contribution in [0.2, 0.25) is 0 Å². The first-order valence-corrected chi connectivity index (χ1v) is 7.59. The van der Waals surface area contributed by atoms with Gasteiger partial charge in [-0.05, 0) is 37.5 Å². The molecule has 5 heteroatoms. The van der Waals surface area contributed by atoms with Crippen molar-refractivity contribution < 1.29 is 9.53 Å². The molecule has 4 rings (SSSR count). The van der Waals surface area contributed by atoms with E-state index in [0.29, 0.717) is 6.10 Å². The second kappa shape index (κ2) is 5.07. The average Bonchev–Trinajstić information content (AvgIpc) is 2.74. The van der Waals surface area contributed by atoms with Gasteiger partial charge >= 0.3 is 0 Å². The van der Waals surface area contributed by atoms with Gasteiger partial charge in [0.2, 0.25) is 5.91 Å². The first kappa shape index (κ1) is 12.7. The summed E-state index contributed by atoms with van der Waals surface area (Å²) in [5.74, 6) is 1.05. The first-order chi connectivity index (χ1) is 10.3. The second-order valence-corrected chi connectivity index (χ2v) is 5.92. The molecule has 0 spiro atoms. The van der Waals surface area contributed by atoms with E-state index < -0.39 is 0 Å². The average molecular weight is 285 g/mol. The van der Waals surface area contributed by atoms with E-state index in [1.807, 2.05) is 24.4 Å². The van der Waals surface area contributed by atoms with Crippen LogP contribution in [0.15, 0.2) is 24.4 Å². The Hall–Kier alpha value is -2.01. The van der Waals surface area contributed by atoms with Gasteiger partial charge < -0.3 is 20.4 Å². The molecule has 1 aromatic heterocycles. The largest absolute Gasteiger partial charge is 0.490 e. The predicted molar refractivity (Wildman–Crippen MR) is 81.6 cm³/mol. The molecule has 110 valence electrons. The summed E-state index contributed by atoms with van der Waals surface area (Å²) in [5, 5.41) is 7.13. The lowest BCUT2D eigenvalue weighted by molar-refractivity contribution is -0.121. The third-order valence-corrected chi connectivity index (χ3v) is 4.42. The first-order valence-electron chi connectivity index (χ1n) is 7.59. The summed E-state index contributed by atoms with van der Waals surface area (Å²) in [6, 6.07) is 6.00. The molecular formula is C16H19N3O2. The van der Waals surface area contributed by atoms with Crippen molar-refractivity contribution in [3.8, 4) is 5.75 Å². The zero-order chi connectivity index (χ0) is 14.2. The number of aromatic nitrogens is 1. The van der Waals surface area contributed by atoms with Crippen LogP contribution in [0.5, 0.6) is 5.75 Å². The van der Waals surface area contributed by atoms with E-state index in [2.05, 4.69) is 15.6 Å². The lowest BCUT2D eigenvalue weighted by atomic mass is 9.96. The van der Waals surface area contributed by atoms with Crippen molar-refractivity contribution in [1.82, 2.24) is 10.3 Å². The number of hydrogen-bond donors (Lipinski definition) is 3. The molecule has 3 N–H and O–H groups in total. The van der Waals surface area contributed by atoms with E-state index in [1.54, 1.807) is 0 Å². The maximum absolute atomic E-state index is 12.1. The van der Waals surface area contributed by atoms with Gasteiger partial charge in [-0.25, -0.2) is 0 Å². The third-order valence-electron chi connectivity index (χ3n) is 4.42. The molecule has 1 aliphatic carbocycles. The molecule has 0 radical (unpaired) electrons. The molecule has 0 bridgehead atoms. The van der Waals surface area contributed by atoms with E-state index >= 15 is 0 Å². The zero-order valence-electron chi connectivity index (χ0n) is 11.8. The van der Waals surface area contributed by atoms with Gasteiger partial charge in [-0.1, -0.05) is 0 Å². The topological polar surface area (TPSA) is 66.2 Å². The highest BCUT2D eigenvalue weighted by molar-refractivity contribution is 6.03. The van der Waals surface area contributed by atoms with E-state index in [0.717, 1.165) is 48.3 Å². The van der Waals surface area contributed by atoms with Gasteiger partial charge in [0, 0.05) is 30.2 Å². The molecule has 1 aliphatic heterocycles. The SMILES string of the molecule is O=C(Nc1c[nH]c2ccc(OC3CCC3)cc12)C1CNC1. The number of benzene rings is 1. The van der Waals surface area contributed by atoms with Crippen LogP contribution in [0.4, 0.5) is 5.69 Å². The molecule has 21 heavy (non-hydrogen) atoms. The fourth-order valence-electron chi connectivity index (χ4n) is 2.67. The molecule has 5 nitrogen and oxygen atoms in total. The van der Waals surface area contributed by atoms with Crippen LogP contribution >= 0.6 is 0 Å². The monoisotopic (exact) mass is 285 g/mol. The highest BCUT2D eigenvalue weighted by Crippen LogP contribution is 2.31. The Kier molecular flexibility index (Phi) is 3.07. The van der Waals surface area contributed by atoms with Crippen LogP contribution < -0.4 is 15.4 Å². The van der Waals surface area contributed by atoms with Gasteiger partial charge in [-0.3, -0.25) is 4.79 Å². The van der Waals surface area contributed by atoms with E-state index in [1.165, 1.54) is 6.42 Å². The van der Waals surface area contributed by atoms with E-state index in [-0.39, 0.29) is 11.8 Å². The van der Waals surface area contributed by atoms with Crippen LogP contribution in [0, 0.1) is 5.92 Å². The summed E-state index contributed by atoms with van der Waals surface area (Å²) in [6.07, 6.45) is 5.75. The third kappa shape index (κ3) is 2.38. The summed E-state index contributed by atoms with van der Waals surface area (Å²) in [7, 11) is 0. The standard InChI is InChI=1S/C16H19N3O2/c20-16(10-7-17-8-10)19-15-9-18-14-5-4-12(6-13(14)15)21-11-2-1-3-11/h4-6,9-11,17-18H,1-3,7-8H2,(H,19,20). The number of carbonyl (C=O) groups is 1. The number of nitrogens with one attached hydrogen (secondary N) is 3. The van der Waals surface area contributed by atoms with Crippen molar-refractivity contribution in [2.45, 2.75) is 25.4 Å². The maximum atomic E-state index is 12.1. The molecule has 0 atom stereocenters. The summed E-state index contributed by atoms with van der Waals surface area (Å²) in [4.78, 5) is 15.2. The Labute approximate surface area is 123 Å². The van der Waals surface area contributed by atoms with Crippen molar-refractivity contribution in [3.63, 3.8) is 0 Å². The Morgan fingerprint density at radius 3 is 2.81 bits per heavy atom.